The molecule has 0 aromatic rings. The lowest BCUT2D eigenvalue weighted by Crippen LogP contribution is -1.54. The summed E-state index contributed by atoms with van der Waals surface area (Å²) >= 11 is 1.47. The molecule has 0 aliphatic rings. The van der Waals surface area contributed by atoms with Crippen LogP contribution in [0.5, 0.6) is 0 Å². The number of hydrogen-bond acceptors (Lipinski definition) is 2. The zero-order valence-corrected chi connectivity index (χ0v) is 5.84. The van der Waals surface area contributed by atoms with Crippen LogP contribution in [-0.2, 0) is 4.57 Å². The maximum Gasteiger partial charge on any atom is 0.127 e. The monoisotopic (exact) mass is 124 g/mol. The Labute approximate surface area is 43.0 Å². The van der Waals surface area contributed by atoms with E-state index in [1.165, 1.54) is 11.4 Å². The van der Waals surface area contributed by atoms with Crippen molar-refractivity contribution in [1.82, 2.24) is 0 Å². The van der Waals surface area contributed by atoms with Crippen molar-refractivity contribution in [3.63, 3.8) is 0 Å². The summed E-state index contributed by atoms with van der Waals surface area (Å²) in [5, 5.41) is 0. The third-order valence-electron chi connectivity index (χ3n) is 0.516. The van der Waals surface area contributed by atoms with Gasteiger partial charge >= 0.3 is 0 Å². The molecule has 0 aromatic carbocycles. The quantitative estimate of drug-likeness (QED) is 0.522. The zero-order chi connectivity index (χ0) is 4.99. The van der Waals surface area contributed by atoms with Gasteiger partial charge in [-0.05, 0) is 6.26 Å². The van der Waals surface area contributed by atoms with Gasteiger partial charge in [0.2, 0.25) is 0 Å². The Bertz CT molecular complexity index is 48.8. The van der Waals surface area contributed by atoms with Crippen molar-refractivity contribution in [3.05, 3.63) is 0 Å². The van der Waals surface area contributed by atoms with Crippen molar-refractivity contribution in [1.29, 1.82) is 0 Å². The molecule has 0 bridgehead atoms. The summed E-state index contributed by atoms with van der Waals surface area (Å²) in [6.45, 7) is 1.94. The van der Waals surface area contributed by atoms with E-state index in [4.69, 9.17) is 0 Å². The van der Waals surface area contributed by atoms with Gasteiger partial charge in [-0.25, -0.2) is 0 Å². The van der Waals surface area contributed by atoms with Gasteiger partial charge in [0.1, 0.15) is 7.00 Å². The lowest BCUT2D eigenvalue weighted by molar-refractivity contribution is 0.597. The Balaban J connectivity index is 2.99. The molecule has 0 saturated heterocycles. The highest BCUT2D eigenvalue weighted by molar-refractivity contribution is 8.51. The minimum Gasteiger partial charge on any atom is -0.315 e. The van der Waals surface area contributed by atoms with E-state index in [-0.39, 0.29) is 0 Å². The van der Waals surface area contributed by atoms with Gasteiger partial charge in [-0.3, -0.25) is 0 Å². The summed E-state index contributed by atoms with van der Waals surface area (Å²) in [4.78, 5) is 0. The van der Waals surface area contributed by atoms with Crippen molar-refractivity contribution in [2.24, 2.45) is 0 Å². The van der Waals surface area contributed by atoms with Crippen LogP contribution >= 0.6 is 18.4 Å². The van der Waals surface area contributed by atoms with Crippen LogP contribution in [0.1, 0.15) is 6.92 Å². The standard InChI is InChI=1S/C3H9OPS/c1-3-5(4)6-2/h5H,3H2,1-2H3. The molecule has 0 amide bonds. The Hall–Kier alpha value is 0.580. The molecule has 0 heterocycles. The first-order valence-corrected chi connectivity index (χ1v) is 5.44. The highest BCUT2D eigenvalue weighted by Crippen LogP contribution is 2.33. The van der Waals surface area contributed by atoms with Gasteiger partial charge in [-0.15, -0.1) is 11.4 Å². The van der Waals surface area contributed by atoms with Crippen molar-refractivity contribution in [2.45, 2.75) is 6.92 Å². The van der Waals surface area contributed by atoms with Crippen molar-refractivity contribution >= 4 is 18.4 Å². The average molecular weight is 124 g/mol. The maximum absolute atomic E-state index is 10.3. The van der Waals surface area contributed by atoms with Gasteiger partial charge in [0.15, 0.2) is 0 Å². The van der Waals surface area contributed by atoms with Crippen LogP contribution in [0.25, 0.3) is 0 Å². The molecule has 0 radical (unpaired) electrons. The molecule has 1 atom stereocenters. The molecule has 0 aromatic heterocycles. The van der Waals surface area contributed by atoms with Gasteiger partial charge in [0.05, 0.1) is 0 Å². The Morgan fingerprint density at radius 2 is 2.33 bits per heavy atom. The van der Waals surface area contributed by atoms with Crippen LogP contribution in [0.2, 0.25) is 0 Å². The second-order valence-electron chi connectivity index (χ2n) is 0.930. The lowest BCUT2D eigenvalue weighted by Gasteiger charge is -1.83. The molecular weight excluding hydrogens is 115 g/mol. The Morgan fingerprint density at radius 1 is 1.83 bits per heavy atom. The van der Waals surface area contributed by atoms with Gasteiger partial charge in [0.25, 0.3) is 0 Å². The van der Waals surface area contributed by atoms with Crippen LogP contribution < -0.4 is 0 Å². The largest absolute Gasteiger partial charge is 0.315 e. The maximum atomic E-state index is 10.3. The third kappa shape index (κ3) is 2.80. The van der Waals surface area contributed by atoms with E-state index >= 15 is 0 Å². The fourth-order valence-corrected chi connectivity index (χ4v) is 1.30. The van der Waals surface area contributed by atoms with E-state index in [1.54, 1.807) is 0 Å². The summed E-state index contributed by atoms with van der Waals surface area (Å²) in [7, 11) is -1.20. The minimum absolute atomic E-state index is 0.839. The molecule has 0 rings (SSSR count). The van der Waals surface area contributed by atoms with E-state index in [2.05, 4.69) is 0 Å². The first kappa shape index (κ1) is 6.58. The van der Waals surface area contributed by atoms with Gasteiger partial charge in [-0.2, -0.15) is 0 Å². The van der Waals surface area contributed by atoms with Crippen LogP contribution in [0.15, 0.2) is 0 Å². The molecular formula is C3H9OPS. The second-order valence-corrected chi connectivity index (χ2v) is 5.38. The summed E-state index contributed by atoms with van der Waals surface area (Å²) in [5.41, 5.74) is 0. The highest BCUT2D eigenvalue weighted by atomic mass is 32.7. The molecule has 0 N–H and O–H groups in total. The molecule has 1 nitrogen and oxygen atoms in total. The molecule has 0 aliphatic heterocycles. The zero-order valence-electron chi connectivity index (χ0n) is 4.02. The normalized spacial score (nSPS) is 14.3. The van der Waals surface area contributed by atoms with Crippen LogP contribution in [0.3, 0.4) is 0 Å². The van der Waals surface area contributed by atoms with Crippen LogP contribution in [-0.4, -0.2) is 12.4 Å². The fraction of sp³-hybridized carbons (Fsp3) is 1.00. The summed E-state index contributed by atoms with van der Waals surface area (Å²) < 4.78 is 10.3. The van der Waals surface area contributed by atoms with E-state index in [0.29, 0.717) is 0 Å². The first-order chi connectivity index (χ1) is 2.81. The predicted molar refractivity (Wildman–Crippen MR) is 33.1 cm³/mol. The molecule has 0 spiro atoms. The van der Waals surface area contributed by atoms with Crippen molar-refractivity contribution in [2.75, 3.05) is 12.4 Å². The first-order valence-electron chi connectivity index (χ1n) is 1.88. The molecule has 0 fully saturated rings. The molecule has 0 saturated carbocycles. The minimum atomic E-state index is -1.20. The SMILES string of the molecule is CC[PH](=O)SC. The summed E-state index contributed by atoms with van der Waals surface area (Å²) in [5.74, 6) is 0. The summed E-state index contributed by atoms with van der Waals surface area (Å²) in [6, 6.07) is 0. The molecule has 38 valence electrons. The van der Waals surface area contributed by atoms with Crippen LogP contribution in [0, 0.1) is 0 Å². The van der Waals surface area contributed by atoms with Gasteiger partial charge in [-0.1, -0.05) is 6.92 Å². The van der Waals surface area contributed by atoms with E-state index in [0.717, 1.165) is 6.16 Å². The number of rotatable bonds is 2. The van der Waals surface area contributed by atoms with Crippen molar-refractivity contribution in [3.8, 4) is 0 Å². The smallest absolute Gasteiger partial charge is 0.127 e. The Morgan fingerprint density at radius 3 is 2.33 bits per heavy atom. The third-order valence-corrected chi connectivity index (χ3v) is 3.78. The second kappa shape index (κ2) is 3.76. The topological polar surface area (TPSA) is 17.1 Å². The number of hydrogen-bond donors (Lipinski definition) is 0. The predicted octanol–water partition coefficient (Wildman–Crippen LogP) is 1.84. The van der Waals surface area contributed by atoms with E-state index in [9.17, 15) is 4.57 Å². The average Bonchev–Trinajstić information content (AvgIpc) is 1.65. The molecule has 6 heavy (non-hydrogen) atoms. The fourth-order valence-electron chi connectivity index (χ4n) is 0.144. The van der Waals surface area contributed by atoms with Gasteiger partial charge in [0, 0.05) is 6.16 Å². The van der Waals surface area contributed by atoms with Crippen LogP contribution in [0.4, 0.5) is 0 Å². The van der Waals surface area contributed by atoms with Crippen molar-refractivity contribution < 1.29 is 4.57 Å². The van der Waals surface area contributed by atoms with Gasteiger partial charge < -0.3 is 4.57 Å². The summed E-state index contributed by atoms with van der Waals surface area (Å²) in [6.07, 6.45) is 2.72. The lowest BCUT2D eigenvalue weighted by atomic mass is 11.0. The van der Waals surface area contributed by atoms with E-state index < -0.39 is 7.00 Å². The highest BCUT2D eigenvalue weighted by Gasteiger charge is 1.84. The van der Waals surface area contributed by atoms with E-state index in [1.807, 2.05) is 13.2 Å². The molecule has 1 unspecified atom stereocenters. The molecule has 3 heteroatoms. The Kier molecular flexibility index (Phi) is 4.12. The molecule has 0 aliphatic carbocycles.